The number of allylic oxidation sites excluding steroid dienone is 1. The van der Waals surface area contributed by atoms with Gasteiger partial charge in [0.2, 0.25) is 11.8 Å². The topological polar surface area (TPSA) is 49.4 Å². The summed E-state index contributed by atoms with van der Waals surface area (Å²) in [5.74, 6) is 0.335. The van der Waals surface area contributed by atoms with Crippen molar-refractivity contribution in [3.63, 3.8) is 0 Å². The number of rotatable bonds is 4. The number of carbonyl (C=O) groups excluding carboxylic acids is 2. The highest BCUT2D eigenvalue weighted by Crippen LogP contribution is 2.39. The van der Waals surface area contributed by atoms with E-state index in [0.717, 1.165) is 32.1 Å². The van der Waals surface area contributed by atoms with E-state index in [2.05, 4.69) is 12.2 Å². The molecule has 1 aliphatic carbocycles. The standard InChI is InChI=1S/C16H26N2O2/c1-4-6-11-18-14(19)13(12(3)5-2)17-15(20)16(18)9-7-8-10-16/h4,6,12-13H,5,7-11H2,1-3H3,(H,17,20)/b6-4+. The summed E-state index contributed by atoms with van der Waals surface area (Å²) in [6.45, 7) is 6.58. The summed E-state index contributed by atoms with van der Waals surface area (Å²) in [6, 6.07) is -0.357. The quantitative estimate of drug-likeness (QED) is 0.802. The van der Waals surface area contributed by atoms with E-state index < -0.39 is 5.54 Å². The minimum absolute atomic E-state index is 0.0596. The van der Waals surface area contributed by atoms with Crippen LogP contribution < -0.4 is 5.32 Å². The monoisotopic (exact) mass is 278 g/mol. The molecule has 2 amide bonds. The Labute approximate surface area is 121 Å². The molecule has 1 saturated heterocycles. The molecule has 2 fully saturated rings. The molecule has 2 aliphatic rings. The number of nitrogens with one attached hydrogen (secondary N) is 1. The summed E-state index contributed by atoms with van der Waals surface area (Å²) < 4.78 is 0. The third kappa shape index (κ3) is 2.36. The second kappa shape index (κ2) is 5.98. The molecule has 20 heavy (non-hydrogen) atoms. The van der Waals surface area contributed by atoms with Gasteiger partial charge in [-0.15, -0.1) is 0 Å². The highest BCUT2D eigenvalue weighted by Gasteiger charge is 2.53. The van der Waals surface area contributed by atoms with Crippen molar-refractivity contribution >= 4 is 11.8 Å². The predicted molar refractivity (Wildman–Crippen MR) is 79.1 cm³/mol. The zero-order valence-corrected chi connectivity index (χ0v) is 12.8. The van der Waals surface area contributed by atoms with Crippen molar-refractivity contribution in [2.24, 2.45) is 5.92 Å². The molecule has 1 heterocycles. The minimum Gasteiger partial charge on any atom is -0.342 e. The van der Waals surface area contributed by atoms with Gasteiger partial charge in [0.05, 0.1) is 0 Å². The molecule has 1 spiro atoms. The first-order chi connectivity index (χ1) is 9.56. The van der Waals surface area contributed by atoms with E-state index in [-0.39, 0.29) is 23.8 Å². The van der Waals surface area contributed by atoms with Crippen LogP contribution in [0.4, 0.5) is 0 Å². The van der Waals surface area contributed by atoms with Crippen LogP contribution in [-0.4, -0.2) is 34.8 Å². The molecule has 0 aromatic rings. The Morgan fingerprint density at radius 2 is 2.05 bits per heavy atom. The summed E-state index contributed by atoms with van der Waals surface area (Å²) in [7, 11) is 0. The van der Waals surface area contributed by atoms with E-state index in [1.807, 2.05) is 30.9 Å². The third-order valence-electron chi connectivity index (χ3n) is 4.93. The third-order valence-corrected chi connectivity index (χ3v) is 4.93. The molecule has 112 valence electrons. The van der Waals surface area contributed by atoms with E-state index in [9.17, 15) is 9.59 Å². The lowest BCUT2D eigenvalue weighted by molar-refractivity contribution is -0.158. The first-order valence-electron chi connectivity index (χ1n) is 7.80. The van der Waals surface area contributed by atoms with E-state index >= 15 is 0 Å². The first kappa shape index (κ1) is 15.1. The van der Waals surface area contributed by atoms with E-state index in [1.54, 1.807) is 0 Å². The van der Waals surface area contributed by atoms with Crippen LogP contribution in [0.2, 0.25) is 0 Å². The molecule has 1 aliphatic heterocycles. The number of hydrogen-bond acceptors (Lipinski definition) is 2. The maximum Gasteiger partial charge on any atom is 0.246 e. The van der Waals surface area contributed by atoms with Crippen LogP contribution in [0.5, 0.6) is 0 Å². The van der Waals surface area contributed by atoms with Crippen LogP contribution in [0, 0.1) is 5.92 Å². The van der Waals surface area contributed by atoms with Crippen molar-refractivity contribution in [1.82, 2.24) is 10.2 Å². The Balaban J connectivity index is 2.31. The second-order valence-corrected chi connectivity index (χ2v) is 6.09. The fraction of sp³-hybridized carbons (Fsp3) is 0.750. The zero-order valence-electron chi connectivity index (χ0n) is 12.8. The molecule has 2 unspecified atom stereocenters. The van der Waals surface area contributed by atoms with Crippen LogP contribution in [0.3, 0.4) is 0 Å². The summed E-state index contributed by atoms with van der Waals surface area (Å²) >= 11 is 0. The largest absolute Gasteiger partial charge is 0.342 e. The molecule has 4 heteroatoms. The van der Waals surface area contributed by atoms with Gasteiger partial charge in [-0.2, -0.15) is 0 Å². The van der Waals surface area contributed by atoms with Crippen LogP contribution in [0.1, 0.15) is 52.9 Å². The van der Waals surface area contributed by atoms with E-state index in [1.165, 1.54) is 0 Å². The molecule has 0 bridgehead atoms. The highest BCUT2D eigenvalue weighted by atomic mass is 16.2. The van der Waals surface area contributed by atoms with Crippen molar-refractivity contribution in [2.75, 3.05) is 6.54 Å². The number of piperazine rings is 1. The van der Waals surface area contributed by atoms with Gasteiger partial charge < -0.3 is 10.2 Å². The van der Waals surface area contributed by atoms with Gasteiger partial charge >= 0.3 is 0 Å². The van der Waals surface area contributed by atoms with E-state index in [4.69, 9.17) is 0 Å². The van der Waals surface area contributed by atoms with Crippen molar-refractivity contribution in [2.45, 2.75) is 64.5 Å². The molecule has 0 aromatic heterocycles. The van der Waals surface area contributed by atoms with Crippen LogP contribution in [-0.2, 0) is 9.59 Å². The van der Waals surface area contributed by atoms with Gasteiger partial charge in [0, 0.05) is 6.54 Å². The van der Waals surface area contributed by atoms with Gasteiger partial charge in [-0.3, -0.25) is 9.59 Å². The Morgan fingerprint density at radius 3 is 2.60 bits per heavy atom. The Kier molecular flexibility index (Phi) is 4.51. The van der Waals surface area contributed by atoms with Gasteiger partial charge in [0.1, 0.15) is 11.6 Å². The molecule has 2 rings (SSSR count). The SMILES string of the molecule is C/C=C/CN1C(=O)C(C(C)CC)NC(=O)C12CCCC2. The molecule has 1 N–H and O–H groups in total. The first-order valence-corrected chi connectivity index (χ1v) is 7.80. The summed E-state index contributed by atoms with van der Waals surface area (Å²) in [4.78, 5) is 27.3. The number of carbonyl (C=O) groups is 2. The van der Waals surface area contributed by atoms with Gasteiger partial charge in [0.25, 0.3) is 0 Å². The molecular weight excluding hydrogens is 252 g/mol. The van der Waals surface area contributed by atoms with Crippen molar-refractivity contribution in [1.29, 1.82) is 0 Å². The molecule has 1 saturated carbocycles. The number of nitrogens with zero attached hydrogens (tertiary/aromatic N) is 1. The minimum atomic E-state index is -0.583. The number of hydrogen-bond donors (Lipinski definition) is 1. The Hall–Kier alpha value is -1.32. The van der Waals surface area contributed by atoms with Crippen molar-refractivity contribution in [3.05, 3.63) is 12.2 Å². The molecule has 0 aromatic carbocycles. The van der Waals surface area contributed by atoms with Crippen molar-refractivity contribution < 1.29 is 9.59 Å². The fourth-order valence-corrected chi connectivity index (χ4v) is 3.39. The average molecular weight is 278 g/mol. The average Bonchev–Trinajstić information content (AvgIpc) is 2.93. The van der Waals surface area contributed by atoms with Gasteiger partial charge in [0.15, 0.2) is 0 Å². The summed E-state index contributed by atoms with van der Waals surface area (Å²) in [5.41, 5.74) is -0.583. The smallest absolute Gasteiger partial charge is 0.246 e. The lowest BCUT2D eigenvalue weighted by Crippen LogP contribution is -2.70. The van der Waals surface area contributed by atoms with Crippen molar-refractivity contribution in [3.8, 4) is 0 Å². The van der Waals surface area contributed by atoms with Gasteiger partial charge in [-0.1, -0.05) is 45.3 Å². The molecule has 0 radical (unpaired) electrons. The molecule has 4 nitrogen and oxygen atoms in total. The molecular formula is C16H26N2O2. The second-order valence-electron chi connectivity index (χ2n) is 6.09. The van der Waals surface area contributed by atoms with Gasteiger partial charge in [-0.05, 0) is 25.7 Å². The van der Waals surface area contributed by atoms with Crippen LogP contribution in [0.25, 0.3) is 0 Å². The van der Waals surface area contributed by atoms with Gasteiger partial charge in [-0.25, -0.2) is 0 Å². The summed E-state index contributed by atoms with van der Waals surface area (Å²) in [5, 5.41) is 3.00. The lowest BCUT2D eigenvalue weighted by atomic mass is 9.86. The lowest BCUT2D eigenvalue weighted by Gasteiger charge is -2.47. The highest BCUT2D eigenvalue weighted by molar-refractivity contribution is 6.00. The fourth-order valence-electron chi connectivity index (χ4n) is 3.39. The van der Waals surface area contributed by atoms with Crippen LogP contribution >= 0.6 is 0 Å². The Morgan fingerprint density at radius 1 is 1.40 bits per heavy atom. The number of amides is 2. The summed E-state index contributed by atoms with van der Waals surface area (Å²) in [6.07, 6.45) is 8.47. The normalized spacial score (nSPS) is 27.4. The zero-order chi connectivity index (χ0) is 14.8. The van der Waals surface area contributed by atoms with E-state index in [0.29, 0.717) is 6.54 Å². The van der Waals surface area contributed by atoms with Crippen LogP contribution in [0.15, 0.2) is 12.2 Å². The maximum atomic E-state index is 12.8. The molecule has 2 atom stereocenters. The predicted octanol–water partition coefficient (Wildman–Crippen LogP) is 2.25. The maximum absolute atomic E-state index is 12.8. The Bertz CT molecular complexity index is 411.